The van der Waals surface area contributed by atoms with Gasteiger partial charge in [0.1, 0.15) is 6.33 Å². The molecule has 1 aromatic heterocycles. The third kappa shape index (κ3) is 3.78. The number of rotatable bonds is 4. The Bertz CT molecular complexity index is 664. The molecule has 0 bridgehead atoms. The zero-order valence-electron chi connectivity index (χ0n) is 10.8. The first-order valence-electron chi connectivity index (χ1n) is 5.89. The first-order chi connectivity index (χ1) is 9.67. The predicted octanol–water partition coefficient (Wildman–Crippen LogP) is 1.67. The van der Waals surface area contributed by atoms with Crippen LogP contribution in [0.25, 0.3) is 0 Å². The number of nitrogens with one attached hydrogen (secondary N) is 1. The Kier molecular flexibility index (Phi) is 4.24. The van der Waals surface area contributed by atoms with Crippen LogP contribution in [-0.4, -0.2) is 22.5 Å². The summed E-state index contributed by atoms with van der Waals surface area (Å²) in [4.78, 5) is 19.5. The van der Waals surface area contributed by atoms with Crippen LogP contribution in [0.5, 0.6) is 5.88 Å². The number of anilines is 1. The maximum atomic E-state index is 11.7. The Morgan fingerprint density at radius 3 is 3.00 bits per heavy atom. The van der Waals surface area contributed by atoms with Gasteiger partial charge in [-0.05, 0) is 25.1 Å². The fourth-order valence-corrected chi connectivity index (χ4v) is 1.51. The SMILES string of the molecule is Cc1cc(OCC(=O)Nc2cccc(C#N)c2)ncn1. The topological polar surface area (TPSA) is 87.9 Å². The van der Waals surface area contributed by atoms with Crippen molar-refractivity contribution in [3.8, 4) is 11.9 Å². The number of hydrogen-bond acceptors (Lipinski definition) is 5. The molecule has 0 saturated heterocycles. The normalized spacial score (nSPS) is 9.60. The fourth-order valence-electron chi connectivity index (χ4n) is 1.51. The van der Waals surface area contributed by atoms with E-state index in [1.807, 2.05) is 13.0 Å². The lowest BCUT2D eigenvalue weighted by molar-refractivity contribution is -0.118. The van der Waals surface area contributed by atoms with Crippen molar-refractivity contribution in [1.29, 1.82) is 5.26 Å². The third-order valence-electron chi connectivity index (χ3n) is 2.41. The maximum absolute atomic E-state index is 11.7. The van der Waals surface area contributed by atoms with E-state index in [4.69, 9.17) is 10.00 Å². The van der Waals surface area contributed by atoms with Crippen LogP contribution in [0.2, 0.25) is 0 Å². The van der Waals surface area contributed by atoms with Crippen molar-refractivity contribution in [2.45, 2.75) is 6.92 Å². The van der Waals surface area contributed by atoms with Crippen LogP contribution in [-0.2, 0) is 4.79 Å². The molecular formula is C14H12N4O2. The highest BCUT2D eigenvalue weighted by Crippen LogP contribution is 2.10. The van der Waals surface area contributed by atoms with Gasteiger partial charge in [0.25, 0.3) is 5.91 Å². The second kappa shape index (κ2) is 6.29. The summed E-state index contributed by atoms with van der Waals surface area (Å²) in [6.45, 7) is 1.65. The minimum absolute atomic E-state index is 0.159. The van der Waals surface area contributed by atoms with Crippen molar-refractivity contribution in [3.63, 3.8) is 0 Å². The van der Waals surface area contributed by atoms with E-state index in [1.165, 1.54) is 6.33 Å². The molecule has 0 aliphatic rings. The molecule has 1 heterocycles. The van der Waals surface area contributed by atoms with Gasteiger partial charge in [-0.3, -0.25) is 4.79 Å². The van der Waals surface area contributed by atoms with E-state index in [9.17, 15) is 4.79 Å². The van der Waals surface area contributed by atoms with Gasteiger partial charge in [0.05, 0.1) is 11.6 Å². The van der Waals surface area contributed by atoms with E-state index >= 15 is 0 Å². The van der Waals surface area contributed by atoms with E-state index < -0.39 is 0 Å². The number of nitrogens with zero attached hydrogens (tertiary/aromatic N) is 3. The first kappa shape index (κ1) is 13.5. The number of nitriles is 1. The third-order valence-corrected chi connectivity index (χ3v) is 2.41. The van der Waals surface area contributed by atoms with Crippen LogP contribution >= 0.6 is 0 Å². The predicted molar refractivity (Wildman–Crippen MR) is 72.1 cm³/mol. The van der Waals surface area contributed by atoms with E-state index in [1.54, 1.807) is 30.3 Å². The molecule has 1 N–H and O–H groups in total. The Morgan fingerprint density at radius 2 is 2.25 bits per heavy atom. The average molecular weight is 268 g/mol. The Balaban J connectivity index is 1.91. The Labute approximate surface area is 116 Å². The molecule has 0 aliphatic carbocycles. The molecule has 0 radical (unpaired) electrons. The molecule has 1 amide bonds. The highest BCUT2D eigenvalue weighted by Gasteiger charge is 2.05. The number of aryl methyl sites for hydroxylation is 1. The van der Waals surface area contributed by atoms with Gasteiger partial charge >= 0.3 is 0 Å². The molecule has 20 heavy (non-hydrogen) atoms. The van der Waals surface area contributed by atoms with Gasteiger partial charge in [0.2, 0.25) is 5.88 Å². The number of hydrogen-bond donors (Lipinski definition) is 1. The maximum Gasteiger partial charge on any atom is 0.262 e. The zero-order valence-corrected chi connectivity index (χ0v) is 10.8. The molecule has 2 rings (SSSR count). The molecule has 6 heteroatoms. The van der Waals surface area contributed by atoms with Crippen molar-refractivity contribution in [2.75, 3.05) is 11.9 Å². The van der Waals surface area contributed by atoms with Gasteiger partial charge in [0, 0.05) is 17.4 Å². The smallest absolute Gasteiger partial charge is 0.262 e. The van der Waals surface area contributed by atoms with Crippen LogP contribution in [0, 0.1) is 18.3 Å². The van der Waals surface area contributed by atoms with E-state index in [0.29, 0.717) is 17.1 Å². The van der Waals surface area contributed by atoms with E-state index in [2.05, 4.69) is 15.3 Å². The summed E-state index contributed by atoms with van der Waals surface area (Å²) in [6.07, 6.45) is 1.37. The quantitative estimate of drug-likeness (QED) is 0.911. The van der Waals surface area contributed by atoms with Gasteiger partial charge in [-0.25, -0.2) is 9.97 Å². The van der Waals surface area contributed by atoms with Gasteiger partial charge in [-0.2, -0.15) is 5.26 Å². The summed E-state index contributed by atoms with van der Waals surface area (Å²) in [6, 6.07) is 10.3. The molecule has 0 saturated carbocycles. The molecular weight excluding hydrogens is 256 g/mol. The summed E-state index contributed by atoms with van der Waals surface area (Å²) in [5, 5.41) is 11.4. The van der Waals surface area contributed by atoms with Crippen LogP contribution in [0.15, 0.2) is 36.7 Å². The van der Waals surface area contributed by atoms with Crippen molar-refractivity contribution >= 4 is 11.6 Å². The molecule has 2 aromatic rings. The molecule has 6 nitrogen and oxygen atoms in total. The summed E-state index contributed by atoms with van der Waals surface area (Å²) < 4.78 is 5.25. The summed E-state index contributed by atoms with van der Waals surface area (Å²) >= 11 is 0. The van der Waals surface area contributed by atoms with Gasteiger partial charge in [-0.1, -0.05) is 6.07 Å². The van der Waals surface area contributed by atoms with Crippen LogP contribution in [0.3, 0.4) is 0 Å². The monoisotopic (exact) mass is 268 g/mol. The van der Waals surface area contributed by atoms with Crippen LogP contribution in [0.1, 0.15) is 11.3 Å². The highest BCUT2D eigenvalue weighted by atomic mass is 16.5. The van der Waals surface area contributed by atoms with E-state index in [-0.39, 0.29) is 12.5 Å². The van der Waals surface area contributed by atoms with Crippen molar-refractivity contribution in [2.24, 2.45) is 0 Å². The fraction of sp³-hybridized carbons (Fsp3) is 0.143. The van der Waals surface area contributed by atoms with Crippen molar-refractivity contribution < 1.29 is 9.53 Å². The second-order valence-electron chi connectivity index (χ2n) is 4.03. The summed E-state index contributed by atoms with van der Waals surface area (Å²) in [5.74, 6) is 0.0229. The molecule has 0 fully saturated rings. The standard InChI is InChI=1S/C14H12N4O2/c1-10-5-14(17-9-16-10)20-8-13(19)18-12-4-2-3-11(6-12)7-15/h2-6,9H,8H2,1H3,(H,18,19). The molecule has 0 unspecified atom stereocenters. The zero-order chi connectivity index (χ0) is 14.4. The summed E-state index contributed by atoms with van der Waals surface area (Å²) in [5.41, 5.74) is 1.80. The number of carbonyl (C=O) groups is 1. The largest absolute Gasteiger partial charge is 0.467 e. The lowest BCUT2D eigenvalue weighted by Gasteiger charge is -2.07. The van der Waals surface area contributed by atoms with Gasteiger partial charge in [-0.15, -0.1) is 0 Å². The lowest BCUT2D eigenvalue weighted by atomic mass is 10.2. The van der Waals surface area contributed by atoms with E-state index in [0.717, 1.165) is 5.69 Å². The minimum Gasteiger partial charge on any atom is -0.467 e. The number of amides is 1. The number of carbonyl (C=O) groups excluding carboxylic acids is 1. The number of ether oxygens (including phenoxy) is 1. The number of aromatic nitrogens is 2. The van der Waals surface area contributed by atoms with Gasteiger partial charge < -0.3 is 10.1 Å². The number of benzene rings is 1. The highest BCUT2D eigenvalue weighted by molar-refractivity contribution is 5.92. The van der Waals surface area contributed by atoms with Crippen LogP contribution < -0.4 is 10.1 Å². The molecule has 100 valence electrons. The molecule has 1 aromatic carbocycles. The molecule has 0 spiro atoms. The summed E-state index contributed by atoms with van der Waals surface area (Å²) in [7, 11) is 0. The van der Waals surface area contributed by atoms with Gasteiger partial charge in [0.15, 0.2) is 6.61 Å². The van der Waals surface area contributed by atoms with Crippen molar-refractivity contribution in [3.05, 3.63) is 47.9 Å². The first-order valence-corrected chi connectivity index (χ1v) is 5.89. The van der Waals surface area contributed by atoms with Crippen LogP contribution in [0.4, 0.5) is 5.69 Å². The lowest BCUT2D eigenvalue weighted by Crippen LogP contribution is -2.20. The Hall–Kier alpha value is -2.94. The minimum atomic E-state index is -0.323. The van der Waals surface area contributed by atoms with Crippen molar-refractivity contribution in [1.82, 2.24) is 9.97 Å². The second-order valence-corrected chi connectivity index (χ2v) is 4.03. The Morgan fingerprint density at radius 1 is 1.40 bits per heavy atom. The molecule has 0 aliphatic heterocycles. The molecule has 0 atom stereocenters. The average Bonchev–Trinajstić information content (AvgIpc) is 2.45.